The second kappa shape index (κ2) is 5.45. The molecule has 0 bridgehead atoms. The molecular formula is C11H12BrN5S. The van der Waals surface area contributed by atoms with Gasteiger partial charge in [0.05, 0.1) is 0 Å². The van der Waals surface area contributed by atoms with Crippen LogP contribution >= 0.6 is 27.7 Å². The van der Waals surface area contributed by atoms with Crippen molar-refractivity contribution in [3.8, 4) is 0 Å². The van der Waals surface area contributed by atoms with Crippen molar-refractivity contribution in [3.63, 3.8) is 0 Å². The molecule has 2 aromatic rings. The van der Waals surface area contributed by atoms with Crippen molar-refractivity contribution in [2.75, 3.05) is 17.2 Å². The lowest BCUT2D eigenvalue weighted by molar-refractivity contribution is 0.984. The fourth-order valence-corrected chi connectivity index (χ4v) is 2.42. The second-order valence-electron chi connectivity index (χ2n) is 3.64. The van der Waals surface area contributed by atoms with Gasteiger partial charge in [-0.3, -0.25) is 0 Å². The Kier molecular flexibility index (Phi) is 3.93. The summed E-state index contributed by atoms with van der Waals surface area (Å²) in [5, 5.41) is 0.564. The summed E-state index contributed by atoms with van der Waals surface area (Å²) in [6, 6.07) is 7.34. The average Bonchev–Trinajstić information content (AvgIpc) is 2.29. The fourth-order valence-electron chi connectivity index (χ4n) is 1.36. The minimum atomic E-state index is 0.375. The van der Waals surface area contributed by atoms with E-state index in [1.54, 1.807) is 0 Å². The number of nitrogens with two attached hydrogens (primary N) is 3. The van der Waals surface area contributed by atoms with E-state index in [9.17, 15) is 0 Å². The third-order valence-electron chi connectivity index (χ3n) is 2.17. The third-order valence-corrected chi connectivity index (χ3v) is 3.81. The van der Waals surface area contributed by atoms with E-state index in [4.69, 9.17) is 17.2 Å². The van der Waals surface area contributed by atoms with Gasteiger partial charge in [-0.2, -0.15) is 0 Å². The van der Waals surface area contributed by atoms with Gasteiger partial charge in [0.25, 0.3) is 0 Å². The van der Waals surface area contributed by atoms with Crippen molar-refractivity contribution in [2.24, 2.45) is 0 Å². The topological polar surface area (TPSA) is 104 Å². The summed E-state index contributed by atoms with van der Waals surface area (Å²) in [5.74, 6) is 1.46. The SMILES string of the molecule is Nc1cc(N)nc(SCc2ccc(Br)c(N)c2)n1. The Bertz CT molecular complexity index is 555. The van der Waals surface area contributed by atoms with Gasteiger partial charge < -0.3 is 17.2 Å². The number of rotatable bonds is 3. The Labute approximate surface area is 117 Å². The van der Waals surface area contributed by atoms with Gasteiger partial charge in [-0.15, -0.1) is 0 Å². The highest BCUT2D eigenvalue weighted by Gasteiger charge is 2.03. The zero-order chi connectivity index (χ0) is 13.1. The maximum absolute atomic E-state index is 5.81. The standard InChI is InChI=1S/C11H12BrN5S/c12-7-2-1-6(3-8(7)13)5-18-11-16-9(14)4-10(15)17-11/h1-4H,5,13H2,(H4,14,15,16,17). The van der Waals surface area contributed by atoms with E-state index in [2.05, 4.69) is 25.9 Å². The average molecular weight is 326 g/mol. The van der Waals surface area contributed by atoms with Crippen LogP contribution in [0.3, 0.4) is 0 Å². The molecular weight excluding hydrogens is 314 g/mol. The van der Waals surface area contributed by atoms with Gasteiger partial charge in [-0.1, -0.05) is 17.8 Å². The van der Waals surface area contributed by atoms with Crippen LogP contribution in [0.15, 0.2) is 33.9 Å². The molecule has 7 heteroatoms. The number of nitrogens with zero attached hydrogens (tertiary/aromatic N) is 2. The Morgan fingerprint density at radius 2 is 1.72 bits per heavy atom. The van der Waals surface area contributed by atoms with E-state index in [1.165, 1.54) is 17.8 Å². The van der Waals surface area contributed by atoms with E-state index < -0.39 is 0 Å². The van der Waals surface area contributed by atoms with E-state index in [1.807, 2.05) is 18.2 Å². The van der Waals surface area contributed by atoms with E-state index in [0.29, 0.717) is 28.2 Å². The lowest BCUT2D eigenvalue weighted by atomic mass is 10.2. The molecule has 5 nitrogen and oxygen atoms in total. The van der Waals surface area contributed by atoms with Gasteiger partial charge in [0, 0.05) is 22.0 Å². The van der Waals surface area contributed by atoms with Crippen molar-refractivity contribution >= 4 is 45.0 Å². The summed E-state index contributed by atoms with van der Waals surface area (Å²) in [7, 11) is 0. The van der Waals surface area contributed by atoms with Gasteiger partial charge >= 0.3 is 0 Å². The molecule has 1 aromatic heterocycles. The summed E-state index contributed by atoms with van der Waals surface area (Å²) in [5.41, 5.74) is 18.8. The predicted octanol–water partition coefficient (Wildman–Crippen LogP) is 2.28. The lowest BCUT2D eigenvalue weighted by Crippen LogP contribution is -1.99. The fraction of sp³-hybridized carbons (Fsp3) is 0.0909. The summed E-state index contributed by atoms with van der Waals surface area (Å²) < 4.78 is 0.890. The molecule has 6 N–H and O–H groups in total. The highest BCUT2D eigenvalue weighted by Crippen LogP contribution is 2.25. The van der Waals surface area contributed by atoms with Gasteiger partial charge in [-0.25, -0.2) is 9.97 Å². The number of anilines is 3. The molecule has 1 heterocycles. The van der Waals surface area contributed by atoms with E-state index in [-0.39, 0.29) is 0 Å². The lowest BCUT2D eigenvalue weighted by Gasteiger charge is -2.04. The maximum atomic E-state index is 5.81. The first-order valence-corrected chi connectivity index (χ1v) is 6.89. The first kappa shape index (κ1) is 13.0. The normalized spacial score (nSPS) is 10.5. The first-order chi connectivity index (χ1) is 8.54. The van der Waals surface area contributed by atoms with Crippen LogP contribution in [-0.2, 0) is 5.75 Å². The molecule has 0 aliphatic rings. The minimum Gasteiger partial charge on any atom is -0.398 e. The molecule has 18 heavy (non-hydrogen) atoms. The van der Waals surface area contributed by atoms with E-state index in [0.717, 1.165) is 10.0 Å². The molecule has 0 unspecified atom stereocenters. The first-order valence-electron chi connectivity index (χ1n) is 5.11. The molecule has 0 saturated carbocycles. The second-order valence-corrected chi connectivity index (χ2v) is 5.44. The Hall–Kier alpha value is -1.47. The number of thioether (sulfide) groups is 1. The highest BCUT2D eigenvalue weighted by molar-refractivity contribution is 9.10. The van der Waals surface area contributed by atoms with Crippen molar-refractivity contribution in [3.05, 3.63) is 34.3 Å². The maximum Gasteiger partial charge on any atom is 0.191 e. The Balaban J connectivity index is 2.08. The predicted molar refractivity (Wildman–Crippen MR) is 79.0 cm³/mol. The van der Waals surface area contributed by atoms with Crippen LogP contribution in [0.1, 0.15) is 5.56 Å². The molecule has 0 radical (unpaired) electrons. The number of benzene rings is 1. The molecule has 0 saturated heterocycles. The molecule has 0 fully saturated rings. The van der Waals surface area contributed by atoms with Crippen LogP contribution in [0.5, 0.6) is 0 Å². The number of hydrogen-bond acceptors (Lipinski definition) is 6. The van der Waals surface area contributed by atoms with Crippen LogP contribution in [0, 0.1) is 0 Å². The smallest absolute Gasteiger partial charge is 0.191 e. The number of nitrogen functional groups attached to an aromatic ring is 3. The van der Waals surface area contributed by atoms with Crippen LogP contribution in [-0.4, -0.2) is 9.97 Å². The Morgan fingerprint density at radius 3 is 2.33 bits per heavy atom. The summed E-state index contributed by atoms with van der Waals surface area (Å²) in [4.78, 5) is 8.20. The monoisotopic (exact) mass is 325 g/mol. The van der Waals surface area contributed by atoms with Crippen molar-refractivity contribution < 1.29 is 0 Å². The number of hydrogen-bond donors (Lipinski definition) is 3. The number of aromatic nitrogens is 2. The molecule has 0 spiro atoms. The van der Waals surface area contributed by atoms with Crippen LogP contribution in [0.2, 0.25) is 0 Å². The van der Waals surface area contributed by atoms with Crippen molar-refractivity contribution in [1.29, 1.82) is 0 Å². The van der Waals surface area contributed by atoms with Gasteiger partial charge in [0.1, 0.15) is 11.6 Å². The summed E-state index contributed by atoms with van der Waals surface area (Å²) >= 11 is 4.82. The van der Waals surface area contributed by atoms with Crippen molar-refractivity contribution in [2.45, 2.75) is 10.9 Å². The zero-order valence-corrected chi connectivity index (χ0v) is 11.8. The molecule has 0 atom stereocenters. The third kappa shape index (κ3) is 3.27. The van der Waals surface area contributed by atoms with Crippen LogP contribution < -0.4 is 17.2 Å². The Morgan fingerprint density at radius 1 is 1.06 bits per heavy atom. The minimum absolute atomic E-state index is 0.375. The van der Waals surface area contributed by atoms with Crippen LogP contribution in [0.4, 0.5) is 17.3 Å². The highest BCUT2D eigenvalue weighted by atomic mass is 79.9. The van der Waals surface area contributed by atoms with E-state index >= 15 is 0 Å². The molecule has 0 amide bonds. The molecule has 94 valence electrons. The van der Waals surface area contributed by atoms with Gasteiger partial charge in [0.2, 0.25) is 0 Å². The van der Waals surface area contributed by atoms with Crippen LogP contribution in [0.25, 0.3) is 0 Å². The molecule has 1 aromatic carbocycles. The molecule has 0 aliphatic carbocycles. The van der Waals surface area contributed by atoms with Gasteiger partial charge in [-0.05, 0) is 33.6 Å². The van der Waals surface area contributed by atoms with Gasteiger partial charge in [0.15, 0.2) is 5.16 Å². The summed E-state index contributed by atoms with van der Waals surface area (Å²) in [6.45, 7) is 0. The quantitative estimate of drug-likeness (QED) is 0.454. The molecule has 0 aliphatic heterocycles. The zero-order valence-electron chi connectivity index (χ0n) is 9.43. The summed E-state index contributed by atoms with van der Waals surface area (Å²) in [6.07, 6.45) is 0. The van der Waals surface area contributed by atoms with Crippen molar-refractivity contribution in [1.82, 2.24) is 9.97 Å². The number of halogens is 1. The largest absolute Gasteiger partial charge is 0.398 e. The molecule has 2 rings (SSSR count).